The summed E-state index contributed by atoms with van der Waals surface area (Å²) in [5.74, 6) is 5.35. The summed E-state index contributed by atoms with van der Waals surface area (Å²) in [5, 5.41) is 8.24. The Hall–Kier alpha value is -2.26. The maximum Gasteiger partial charge on any atom is 0.153 e. The number of ether oxygens (including phenoxy) is 1. The first kappa shape index (κ1) is 9.83. The molecule has 1 aromatic carbocycles. The van der Waals surface area contributed by atoms with Gasteiger partial charge in [-0.1, -0.05) is 5.92 Å². The predicted octanol–water partition coefficient (Wildman–Crippen LogP) is 1.38. The van der Waals surface area contributed by atoms with Crippen LogP contribution in [0, 0.1) is 23.2 Å². The number of carbonyl (C=O) groups excluding carboxylic acids is 1. The Morgan fingerprint density at radius 3 is 2.86 bits per heavy atom. The van der Waals surface area contributed by atoms with Crippen molar-refractivity contribution in [2.24, 2.45) is 0 Å². The van der Waals surface area contributed by atoms with Crippen LogP contribution in [0.25, 0.3) is 0 Å². The zero-order valence-corrected chi connectivity index (χ0v) is 7.57. The van der Waals surface area contributed by atoms with Crippen LogP contribution in [0.1, 0.15) is 15.9 Å². The van der Waals surface area contributed by atoms with Crippen LogP contribution in [0.4, 0.5) is 0 Å². The largest absolute Gasteiger partial charge is 0.496 e. The molecule has 0 amide bonds. The van der Waals surface area contributed by atoms with Crippen LogP contribution in [0.15, 0.2) is 18.2 Å². The Kier molecular flexibility index (Phi) is 3.29. The van der Waals surface area contributed by atoms with E-state index >= 15 is 0 Å². The van der Waals surface area contributed by atoms with E-state index in [9.17, 15) is 4.79 Å². The van der Waals surface area contributed by atoms with Gasteiger partial charge in [-0.25, -0.2) is 0 Å². The first-order valence-corrected chi connectivity index (χ1v) is 3.85. The van der Waals surface area contributed by atoms with E-state index in [1.807, 2.05) is 0 Å². The zero-order valence-electron chi connectivity index (χ0n) is 7.57. The number of rotatable bonds is 2. The van der Waals surface area contributed by atoms with Gasteiger partial charge >= 0.3 is 0 Å². The molecule has 0 unspecified atom stereocenters. The number of carbonyl (C=O) groups is 1. The van der Waals surface area contributed by atoms with Gasteiger partial charge in [-0.05, 0) is 18.2 Å². The summed E-state index contributed by atoms with van der Waals surface area (Å²) in [4.78, 5) is 10.6. The van der Waals surface area contributed by atoms with E-state index in [4.69, 9.17) is 10.00 Å². The molecule has 0 saturated carbocycles. The molecule has 3 heteroatoms. The molecule has 0 aromatic heterocycles. The van der Waals surface area contributed by atoms with Gasteiger partial charge in [-0.2, -0.15) is 5.26 Å². The van der Waals surface area contributed by atoms with Crippen molar-refractivity contribution < 1.29 is 9.53 Å². The van der Waals surface area contributed by atoms with Crippen molar-refractivity contribution in [3.05, 3.63) is 29.3 Å². The van der Waals surface area contributed by atoms with Gasteiger partial charge in [0.1, 0.15) is 5.75 Å². The van der Waals surface area contributed by atoms with E-state index < -0.39 is 0 Å². The molecule has 0 N–H and O–H groups in total. The topological polar surface area (TPSA) is 50.1 Å². The van der Waals surface area contributed by atoms with Gasteiger partial charge in [0.25, 0.3) is 0 Å². The fraction of sp³-hybridized carbons (Fsp3) is 0.0909. The van der Waals surface area contributed by atoms with E-state index in [0.717, 1.165) is 0 Å². The molecular formula is C11H7NO2. The minimum atomic E-state index is 0.428. The molecule has 0 aliphatic heterocycles. The van der Waals surface area contributed by atoms with Crippen molar-refractivity contribution in [1.82, 2.24) is 0 Å². The lowest BCUT2D eigenvalue weighted by molar-refractivity contribution is 0.112. The van der Waals surface area contributed by atoms with Crippen molar-refractivity contribution in [2.75, 3.05) is 7.11 Å². The van der Waals surface area contributed by atoms with Gasteiger partial charge in [-0.15, -0.1) is 0 Å². The van der Waals surface area contributed by atoms with E-state index in [1.54, 1.807) is 24.3 Å². The third kappa shape index (κ3) is 2.12. The Morgan fingerprint density at radius 1 is 1.50 bits per heavy atom. The fourth-order valence-corrected chi connectivity index (χ4v) is 1.00. The maximum atomic E-state index is 10.6. The van der Waals surface area contributed by atoms with E-state index in [-0.39, 0.29) is 0 Å². The molecule has 0 spiro atoms. The smallest absolute Gasteiger partial charge is 0.153 e. The highest BCUT2D eigenvalue weighted by atomic mass is 16.5. The summed E-state index contributed by atoms with van der Waals surface area (Å²) in [7, 11) is 1.49. The summed E-state index contributed by atoms with van der Waals surface area (Å²) in [6, 6.07) is 6.62. The molecule has 0 aliphatic rings. The van der Waals surface area contributed by atoms with Crippen molar-refractivity contribution in [2.45, 2.75) is 0 Å². The summed E-state index contributed by atoms with van der Waals surface area (Å²) in [6.45, 7) is 0. The monoisotopic (exact) mass is 185 g/mol. The number of benzene rings is 1. The second-order valence-corrected chi connectivity index (χ2v) is 2.44. The lowest BCUT2D eigenvalue weighted by Crippen LogP contribution is -1.90. The summed E-state index contributed by atoms with van der Waals surface area (Å²) >= 11 is 0. The molecule has 0 heterocycles. The zero-order chi connectivity index (χ0) is 10.4. The molecule has 0 fully saturated rings. The van der Waals surface area contributed by atoms with Crippen molar-refractivity contribution in [3.63, 3.8) is 0 Å². The number of hydrogen-bond donors (Lipinski definition) is 0. The molecule has 0 aliphatic carbocycles. The van der Waals surface area contributed by atoms with Crippen molar-refractivity contribution >= 4 is 6.29 Å². The molecule has 0 atom stereocenters. The SMILES string of the molecule is COc1ccc(C#CC#N)cc1C=O. The first-order chi connectivity index (χ1) is 6.81. The fourth-order valence-electron chi connectivity index (χ4n) is 1.00. The maximum absolute atomic E-state index is 10.6. The number of methoxy groups -OCH3 is 1. The summed E-state index contributed by atoms with van der Waals surface area (Å²) in [5.41, 5.74) is 1.05. The Balaban J connectivity index is 3.15. The quantitative estimate of drug-likeness (QED) is 0.516. The van der Waals surface area contributed by atoms with Crippen LogP contribution in [0.5, 0.6) is 5.75 Å². The van der Waals surface area contributed by atoms with Gasteiger partial charge in [0.2, 0.25) is 0 Å². The van der Waals surface area contributed by atoms with Crippen LogP contribution in [-0.4, -0.2) is 13.4 Å². The molecule has 14 heavy (non-hydrogen) atoms. The molecule has 1 rings (SSSR count). The molecule has 0 bridgehead atoms. The second kappa shape index (κ2) is 4.69. The Labute approximate surface area is 81.9 Å². The molecule has 3 nitrogen and oxygen atoms in total. The van der Waals surface area contributed by atoms with Crippen LogP contribution < -0.4 is 4.74 Å². The third-order valence-corrected chi connectivity index (χ3v) is 1.62. The number of aldehydes is 1. The van der Waals surface area contributed by atoms with E-state index in [2.05, 4.69) is 11.8 Å². The Morgan fingerprint density at radius 2 is 2.29 bits per heavy atom. The van der Waals surface area contributed by atoms with Gasteiger partial charge < -0.3 is 4.74 Å². The summed E-state index contributed by atoms with van der Waals surface area (Å²) in [6.07, 6.45) is 0.691. The summed E-state index contributed by atoms with van der Waals surface area (Å²) < 4.78 is 4.95. The average molecular weight is 185 g/mol. The highest BCUT2D eigenvalue weighted by molar-refractivity contribution is 5.80. The normalized spacial score (nSPS) is 8.00. The minimum Gasteiger partial charge on any atom is -0.496 e. The highest BCUT2D eigenvalue weighted by Crippen LogP contribution is 2.17. The van der Waals surface area contributed by atoms with Crippen LogP contribution in [0.3, 0.4) is 0 Å². The standard InChI is InChI=1S/C11H7NO2/c1-14-11-5-4-9(3-2-6-12)7-10(11)8-13/h4-5,7-8H,1H3. The molecule has 0 radical (unpaired) electrons. The molecule has 0 saturated heterocycles. The molecule has 68 valence electrons. The number of hydrogen-bond acceptors (Lipinski definition) is 3. The van der Waals surface area contributed by atoms with Crippen LogP contribution in [-0.2, 0) is 0 Å². The average Bonchev–Trinajstić information content (AvgIpc) is 2.25. The lowest BCUT2D eigenvalue weighted by atomic mass is 10.1. The van der Waals surface area contributed by atoms with Gasteiger partial charge in [0.05, 0.1) is 12.7 Å². The van der Waals surface area contributed by atoms with Crippen molar-refractivity contribution in [3.8, 4) is 23.7 Å². The number of nitrogens with zero attached hydrogens (tertiary/aromatic N) is 1. The Bertz CT molecular complexity index is 447. The lowest BCUT2D eigenvalue weighted by Gasteiger charge is -2.02. The first-order valence-electron chi connectivity index (χ1n) is 3.85. The second-order valence-electron chi connectivity index (χ2n) is 2.44. The van der Waals surface area contributed by atoms with E-state index in [1.165, 1.54) is 7.11 Å². The molecular weight excluding hydrogens is 178 g/mol. The van der Waals surface area contributed by atoms with Crippen LogP contribution >= 0.6 is 0 Å². The van der Waals surface area contributed by atoms with Gasteiger partial charge in [0, 0.05) is 11.5 Å². The van der Waals surface area contributed by atoms with Gasteiger partial charge in [0.15, 0.2) is 12.4 Å². The molecule has 1 aromatic rings. The van der Waals surface area contributed by atoms with Gasteiger partial charge in [-0.3, -0.25) is 4.79 Å². The van der Waals surface area contributed by atoms with Crippen molar-refractivity contribution in [1.29, 1.82) is 5.26 Å². The minimum absolute atomic E-state index is 0.428. The van der Waals surface area contributed by atoms with E-state index in [0.29, 0.717) is 23.2 Å². The highest BCUT2D eigenvalue weighted by Gasteiger charge is 2.01. The predicted molar refractivity (Wildman–Crippen MR) is 50.9 cm³/mol. The third-order valence-electron chi connectivity index (χ3n) is 1.62. The number of nitriles is 1. The van der Waals surface area contributed by atoms with Crippen LogP contribution in [0.2, 0.25) is 0 Å².